The number of aliphatic hydroxyl groups is 1. The first-order valence-corrected chi connectivity index (χ1v) is 6.91. The maximum absolute atomic E-state index is 12.2. The van der Waals surface area contributed by atoms with E-state index in [4.69, 9.17) is 10.2 Å². The zero-order valence-electron chi connectivity index (χ0n) is 12.0. The van der Waals surface area contributed by atoms with Gasteiger partial charge in [0.05, 0.1) is 11.8 Å². The van der Waals surface area contributed by atoms with E-state index in [1.807, 2.05) is 20.8 Å². The molecule has 0 heterocycles. The first-order chi connectivity index (χ1) is 8.77. The van der Waals surface area contributed by atoms with Gasteiger partial charge in [-0.2, -0.15) is 0 Å². The van der Waals surface area contributed by atoms with Crippen molar-refractivity contribution in [2.24, 2.45) is 17.3 Å². The van der Waals surface area contributed by atoms with E-state index in [2.05, 4.69) is 5.32 Å². The number of carbonyl (C=O) groups is 2. The molecule has 1 aliphatic rings. The number of hydrogen-bond acceptors (Lipinski definition) is 3. The summed E-state index contributed by atoms with van der Waals surface area (Å²) in [5, 5.41) is 21.1. The lowest BCUT2D eigenvalue weighted by Gasteiger charge is -2.32. The van der Waals surface area contributed by atoms with E-state index < -0.39 is 17.8 Å². The number of hydrogen-bond donors (Lipinski definition) is 3. The van der Waals surface area contributed by atoms with Crippen LogP contribution in [0.2, 0.25) is 0 Å². The second-order valence-electron chi connectivity index (χ2n) is 6.42. The molecule has 1 aliphatic carbocycles. The Morgan fingerprint density at radius 1 is 1.26 bits per heavy atom. The van der Waals surface area contributed by atoms with Gasteiger partial charge in [-0.3, -0.25) is 9.59 Å². The van der Waals surface area contributed by atoms with Gasteiger partial charge in [-0.1, -0.05) is 27.2 Å². The minimum Gasteiger partial charge on any atom is -0.481 e. The van der Waals surface area contributed by atoms with Gasteiger partial charge in [-0.25, -0.2) is 0 Å². The topological polar surface area (TPSA) is 86.6 Å². The van der Waals surface area contributed by atoms with Gasteiger partial charge < -0.3 is 15.5 Å². The molecule has 0 bridgehead atoms. The summed E-state index contributed by atoms with van der Waals surface area (Å²) in [7, 11) is 0. The maximum Gasteiger partial charge on any atom is 0.307 e. The van der Waals surface area contributed by atoms with Gasteiger partial charge >= 0.3 is 5.97 Å². The van der Waals surface area contributed by atoms with Crippen molar-refractivity contribution in [2.45, 2.75) is 52.5 Å². The normalized spacial score (nSPS) is 25.1. The highest BCUT2D eigenvalue weighted by molar-refractivity contribution is 5.85. The smallest absolute Gasteiger partial charge is 0.307 e. The SMILES string of the molecule is CC(C)(C)C(CCO)NC(=O)[C@@H]1CCC[C@@H]1C(=O)O. The molecule has 0 aromatic heterocycles. The lowest BCUT2D eigenvalue weighted by atomic mass is 9.84. The van der Waals surface area contributed by atoms with Crippen molar-refractivity contribution in [3.8, 4) is 0 Å². The van der Waals surface area contributed by atoms with E-state index >= 15 is 0 Å². The van der Waals surface area contributed by atoms with Crippen molar-refractivity contribution >= 4 is 11.9 Å². The summed E-state index contributed by atoms with van der Waals surface area (Å²) in [6, 6.07) is -0.139. The second kappa shape index (κ2) is 6.37. The van der Waals surface area contributed by atoms with Crippen molar-refractivity contribution in [1.82, 2.24) is 5.32 Å². The number of carboxylic acids is 1. The molecule has 1 amide bonds. The summed E-state index contributed by atoms with van der Waals surface area (Å²) in [5.74, 6) is -2.05. The molecule has 0 spiro atoms. The highest BCUT2D eigenvalue weighted by Crippen LogP contribution is 2.33. The van der Waals surface area contributed by atoms with Crippen molar-refractivity contribution in [3.63, 3.8) is 0 Å². The van der Waals surface area contributed by atoms with Crippen molar-refractivity contribution in [1.29, 1.82) is 0 Å². The lowest BCUT2D eigenvalue weighted by Crippen LogP contribution is -2.47. The van der Waals surface area contributed by atoms with Crippen LogP contribution in [0.25, 0.3) is 0 Å². The van der Waals surface area contributed by atoms with Crippen LogP contribution >= 0.6 is 0 Å². The molecule has 110 valence electrons. The van der Waals surface area contributed by atoms with E-state index in [9.17, 15) is 9.59 Å². The number of amides is 1. The Morgan fingerprint density at radius 2 is 1.84 bits per heavy atom. The molecular weight excluding hydrogens is 246 g/mol. The van der Waals surface area contributed by atoms with E-state index in [0.29, 0.717) is 19.3 Å². The zero-order chi connectivity index (χ0) is 14.6. The minimum atomic E-state index is -0.882. The third kappa shape index (κ3) is 4.20. The number of nitrogens with one attached hydrogen (secondary N) is 1. The van der Waals surface area contributed by atoms with Crippen molar-refractivity contribution in [3.05, 3.63) is 0 Å². The number of carbonyl (C=O) groups excluding carboxylic acids is 1. The summed E-state index contributed by atoms with van der Waals surface area (Å²) < 4.78 is 0. The molecule has 5 nitrogen and oxygen atoms in total. The van der Waals surface area contributed by atoms with Crippen LogP contribution in [0.3, 0.4) is 0 Å². The molecule has 0 aromatic carbocycles. The van der Waals surface area contributed by atoms with Crippen LogP contribution in [0, 0.1) is 17.3 Å². The first kappa shape index (κ1) is 16.0. The molecule has 0 radical (unpaired) electrons. The molecule has 1 saturated carbocycles. The molecule has 1 unspecified atom stereocenters. The molecule has 1 rings (SSSR count). The minimum absolute atomic E-state index is 0.00917. The van der Waals surface area contributed by atoms with Crippen LogP contribution in [0.5, 0.6) is 0 Å². The fraction of sp³-hybridized carbons (Fsp3) is 0.857. The monoisotopic (exact) mass is 271 g/mol. The van der Waals surface area contributed by atoms with Gasteiger partial charge in [0.25, 0.3) is 0 Å². The predicted octanol–water partition coefficient (Wildman–Crippen LogP) is 1.40. The van der Waals surface area contributed by atoms with Crippen LogP contribution < -0.4 is 5.32 Å². The molecule has 0 aromatic rings. The Bertz CT molecular complexity index is 335. The quantitative estimate of drug-likeness (QED) is 0.705. The largest absolute Gasteiger partial charge is 0.481 e. The summed E-state index contributed by atoms with van der Waals surface area (Å²) in [4.78, 5) is 23.3. The predicted molar refractivity (Wildman–Crippen MR) is 71.6 cm³/mol. The maximum atomic E-state index is 12.2. The third-order valence-corrected chi connectivity index (χ3v) is 3.95. The molecule has 0 saturated heterocycles. The summed E-state index contributed by atoms with van der Waals surface area (Å²) in [6.45, 7) is 6.00. The molecule has 3 N–H and O–H groups in total. The zero-order valence-corrected chi connectivity index (χ0v) is 12.0. The van der Waals surface area contributed by atoms with Crippen LogP contribution in [-0.4, -0.2) is 34.7 Å². The standard InChI is InChI=1S/C14H25NO4/c1-14(2,3)11(7-8-16)15-12(17)9-5-4-6-10(9)13(18)19/h9-11,16H,4-8H2,1-3H3,(H,15,17)(H,18,19)/t9-,10+,11?/m1/s1. The fourth-order valence-corrected chi connectivity index (χ4v) is 2.70. The van der Waals surface area contributed by atoms with Crippen LogP contribution in [0.1, 0.15) is 46.5 Å². The Balaban J connectivity index is 2.69. The molecule has 19 heavy (non-hydrogen) atoms. The number of aliphatic carboxylic acids is 1. The molecule has 3 atom stereocenters. The van der Waals surface area contributed by atoms with Crippen molar-refractivity contribution < 1.29 is 19.8 Å². The summed E-state index contributed by atoms with van der Waals surface area (Å²) >= 11 is 0. The number of carboxylic acid groups (broad SMARTS) is 1. The third-order valence-electron chi connectivity index (χ3n) is 3.95. The molecular formula is C14H25NO4. The van der Waals surface area contributed by atoms with Gasteiger partial charge in [0, 0.05) is 12.6 Å². The average molecular weight is 271 g/mol. The van der Waals surface area contributed by atoms with E-state index in [1.165, 1.54) is 0 Å². The molecule has 5 heteroatoms. The Kier molecular flexibility index (Phi) is 5.35. The summed E-state index contributed by atoms with van der Waals surface area (Å²) in [6.07, 6.45) is 2.49. The molecule has 0 aliphatic heterocycles. The van der Waals surface area contributed by atoms with Crippen LogP contribution in [0.4, 0.5) is 0 Å². The second-order valence-corrected chi connectivity index (χ2v) is 6.42. The van der Waals surface area contributed by atoms with Crippen LogP contribution in [-0.2, 0) is 9.59 Å². The van der Waals surface area contributed by atoms with Crippen molar-refractivity contribution in [2.75, 3.05) is 6.61 Å². The Morgan fingerprint density at radius 3 is 2.32 bits per heavy atom. The van der Waals surface area contributed by atoms with Gasteiger partial charge in [-0.15, -0.1) is 0 Å². The highest BCUT2D eigenvalue weighted by Gasteiger charge is 2.39. The lowest BCUT2D eigenvalue weighted by molar-refractivity contribution is -0.146. The summed E-state index contributed by atoms with van der Waals surface area (Å²) in [5.41, 5.74) is -0.157. The first-order valence-electron chi connectivity index (χ1n) is 6.91. The van der Waals surface area contributed by atoms with Gasteiger partial charge in [0.2, 0.25) is 5.91 Å². The Hall–Kier alpha value is -1.10. The number of aliphatic hydroxyl groups excluding tert-OH is 1. The number of rotatable bonds is 5. The van der Waals surface area contributed by atoms with E-state index in [-0.39, 0.29) is 24.0 Å². The van der Waals surface area contributed by atoms with Gasteiger partial charge in [-0.05, 0) is 24.7 Å². The van der Waals surface area contributed by atoms with Gasteiger partial charge in [0.15, 0.2) is 0 Å². The van der Waals surface area contributed by atoms with Gasteiger partial charge in [0.1, 0.15) is 0 Å². The fourth-order valence-electron chi connectivity index (χ4n) is 2.70. The van der Waals surface area contributed by atoms with Crippen LogP contribution in [0.15, 0.2) is 0 Å². The Labute approximate surface area is 114 Å². The highest BCUT2D eigenvalue weighted by atomic mass is 16.4. The van der Waals surface area contributed by atoms with E-state index in [0.717, 1.165) is 6.42 Å². The average Bonchev–Trinajstić information content (AvgIpc) is 2.75. The van der Waals surface area contributed by atoms with E-state index in [1.54, 1.807) is 0 Å². The molecule has 1 fully saturated rings.